The largest absolute Gasteiger partial charge is 0.354 e. The van der Waals surface area contributed by atoms with E-state index in [1.54, 1.807) is 11.3 Å². The second-order valence-electron chi connectivity index (χ2n) is 5.38. The monoisotopic (exact) mass is 290 g/mol. The summed E-state index contributed by atoms with van der Waals surface area (Å²) in [6.07, 6.45) is 1.87. The van der Waals surface area contributed by atoms with E-state index in [1.807, 2.05) is 18.8 Å². The molecule has 0 amide bonds. The van der Waals surface area contributed by atoms with Crippen LogP contribution in [0, 0.1) is 5.92 Å². The zero-order valence-corrected chi connectivity index (χ0v) is 13.2. The molecule has 0 fully saturated rings. The van der Waals surface area contributed by atoms with Crippen LogP contribution in [0.4, 0.5) is 5.82 Å². The van der Waals surface area contributed by atoms with Crippen molar-refractivity contribution in [2.24, 2.45) is 5.92 Å². The molecule has 0 aliphatic carbocycles. The molecule has 0 spiro atoms. The van der Waals surface area contributed by atoms with Crippen LogP contribution in [0.3, 0.4) is 0 Å². The summed E-state index contributed by atoms with van der Waals surface area (Å²) >= 11 is 1.63. The normalized spacial score (nSPS) is 11.0. The lowest BCUT2D eigenvalue weighted by Gasteiger charge is -2.17. The first-order valence-corrected chi connectivity index (χ1v) is 7.83. The molecule has 0 bridgehead atoms. The topological polar surface area (TPSA) is 41.1 Å². The highest BCUT2D eigenvalue weighted by atomic mass is 32.1. The molecule has 2 heterocycles. The minimum atomic E-state index is 0.670. The lowest BCUT2D eigenvalue weighted by molar-refractivity contribution is 0.552. The zero-order valence-electron chi connectivity index (χ0n) is 12.3. The molecule has 2 aromatic heterocycles. The second-order valence-corrected chi connectivity index (χ2v) is 6.10. The van der Waals surface area contributed by atoms with Gasteiger partial charge in [-0.1, -0.05) is 13.8 Å². The van der Waals surface area contributed by atoms with Gasteiger partial charge in [-0.05, 0) is 30.2 Å². The number of hydrogen-bond acceptors (Lipinski definition) is 5. The summed E-state index contributed by atoms with van der Waals surface area (Å²) in [7, 11) is 2.05. The van der Waals surface area contributed by atoms with Crippen LogP contribution in [-0.4, -0.2) is 23.6 Å². The Hall–Kier alpha value is -1.46. The van der Waals surface area contributed by atoms with Gasteiger partial charge in [-0.3, -0.25) is 0 Å². The number of rotatable bonds is 7. The summed E-state index contributed by atoms with van der Waals surface area (Å²) in [5, 5.41) is 5.53. The lowest BCUT2D eigenvalue weighted by Crippen LogP contribution is -2.20. The molecule has 0 aliphatic rings. The van der Waals surface area contributed by atoms with Crippen LogP contribution in [0.15, 0.2) is 29.2 Å². The maximum Gasteiger partial charge on any atom is 0.128 e. The molecular formula is C15H22N4S. The van der Waals surface area contributed by atoms with Gasteiger partial charge in [-0.2, -0.15) is 0 Å². The van der Waals surface area contributed by atoms with E-state index in [0.717, 1.165) is 31.1 Å². The third kappa shape index (κ3) is 4.58. The molecule has 0 unspecified atom stereocenters. The van der Waals surface area contributed by atoms with Gasteiger partial charge >= 0.3 is 0 Å². The molecule has 5 heteroatoms. The summed E-state index contributed by atoms with van der Waals surface area (Å²) in [5.74, 6) is 1.66. The standard InChI is InChI=1S/C15H22N4S/c1-12(2)7-16-8-13-4-5-17-15(6-13)19(3)9-14-10-20-11-18-14/h4-6,10-12,16H,7-9H2,1-3H3. The highest BCUT2D eigenvalue weighted by Gasteiger charge is 2.06. The van der Waals surface area contributed by atoms with Crippen LogP contribution in [0.2, 0.25) is 0 Å². The molecule has 1 N–H and O–H groups in total. The summed E-state index contributed by atoms with van der Waals surface area (Å²) in [6, 6.07) is 4.20. The second kappa shape index (κ2) is 7.36. The van der Waals surface area contributed by atoms with Crippen LogP contribution in [0.5, 0.6) is 0 Å². The number of nitrogens with one attached hydrogen (secondary N) is 1. The first-order chi connectivity index (χ1) is 9.65. The van der Waals surface area contributed by atoms with Crippen molar-refractivity contribution >= 4 is 17.2 Å². The maximum absolute atomic E-state index is 4.44. The Morgan fingerprint density at radius 3 is 2.90 bits per heavy atom. The summed E-state index contributed by atoms with van der Waals surface area (Å²) in [6.45, 7) is 7.14. The van der Waals surface area contributed by atoms with Gasteiger partial charge in [0.15, 0.2) is 0 Å². The molecule has 20 heavy (non-hydrogen) atoms. The van der Waals surface area contributed by atoms with Crippen LogP contribution >= 0.6 is 11.3 Å². The van der Waals surface area contributed by atoms with Crippen molar-refractivity contribution in [1.29, 1.82) is 0 Å². The van der Waals surface area contributed by atoms with Crippen molar-refractivity contribution in [2.75, 3.05) is 18.5 Å². The van der Waals surface area contributed by atoms with E-state index < -0.39 is 0 Å². The Bertz CT molecular complexity index is 510. The van der Waals surface area contributed by atoms with Crippen LogP contribution < -0.4 is 10.2 Å². The molecular weight excluding hydrogens is 268 g/mol. The Morgan fingerprint density at radius 2 is 2.20 bits per heavy atom. The Morgan fingerprint density at radius 1 is 1.35 bits per heavy atom. The quantitative estimate of drug-likeness (QED) is 0.851. The van der Waals surface area contributed by atoms with E-state index in [4.69, 9.17) is 0 Å². The molecule has 2 rings (SSSR count). The third-order valence-corrected chi connectivity index (χ3v) is 3.60. The minimum absolute atomic E-state index is 0.670. The van der Waals surface area contributed by atoms with Gasteiger partial charge in [0.1, 0.15) is 5.82 Å². The van der Waals surface area contributed by atoms with Crippen molar-refractivity contribution in [3.63, 3.8) is 0 Å². The van der Waals surface area contributed by atoms with Gasteiger partial charge in [0.25, 0.3) is 0 Å². The maximum atomic E-state index is 4.44. The number of thiazole rings is 1. The number of anilines is 1. The molecule has 2 aromatic rings. The van der Waals surface area contributed by atoms with Crippen molar-refractivity contribution in [1.82, 2.24) is 15.3 Å². The van der Waals surface area contributed by atoms with Gasteiger partial charge < -0.3 is 10.2 Å². The fourth-order valence-corrected chi connectivity index (χ4v) is 2.47. The first-order valence-electron chi connectivity index (χ1n) is 6.89. The molecule has 4 nitrogen and oxygen atoms in total. The summed E-state index contributed by atoms with van der Waals surface area (Å²) in [5.41, 5.74) is 4.21. The number of hydrogen-bond donors (Lipinski definition) is 1. The lowest BCUT2D eigenvalue weighted by atomic mass is 10.2. The minimum Gasteiger partial charge on any atom is -0.354 e. The zero-order chi connectivity index (χ0) is 14.4. The van der Waals surface area contributed by atoms with Crippen molar-refractivity contribution < 1.29 is 0 Å². The summed E-state index contributed by atoms with van der Waals surface area (Å²) in [4.78, 5) is 10.9. The van der Waals surface area contributed by atoms with E-state index in [9.17, 15) is 0 Å². The number of aromatic nitrogens is 2. The van der Waals surface area contributed by atoms with Crippen molar-refractivity contribution in [3.05, 3.63) is 40.5 Å². The van der Waals surface area contributed by atoms with E-state index in [1.165, 1.54) is 5.56 Å². The van der Waals surface area contributed by atoms with Gasteiger partial charge in [-0.25, -0.2) is 9.97 Å². The van der Waals surface area contributed by atoms with Gasteiger partial charge in [0.2, 0.25) is 0 Å². The van der Waals surface area contributed by atoms with E-state index >= 15 is 0 Å². The predicted octanol–water partition coefficient (Wildman–Crippen LogP) is 2.92. The van der Waals surface area contributed by atoms with Crippen LogP contribution in [0.25, 0.3) is 0 Å². The van der Waals surface area contributed by atoms with Crippen molar-refractivity contribution in [3.8, 4) is 0 Å². The van der Waals surface area contributed by atoms with Crippen molar-refractivity contribution in [2.45, 2.75) is 26.9 Å². The van der Waals surface area contributed by atoms with Gasteiger partial charge in [0, 0.05) is 25.2 Å². The van der Waals surface area contributed by atoms with E-state index in [0.29, 0.717) is 5.92 Å². The SMILES string of the molecule is CC(C)CNCc1ccnc(N(C)Cc2cscn2)c1. The molecule has 0 atom stereocenters. The highest BCUT2D eigenvalue weighted by molar-refractivity contribution is 7.07. The molecule has 0 saturated carbocycles. The van der Waals surface area contributed by atoms with E-state index in [-0.39, 0.29) is 0 Å². The Balaban J connectivity index is 1.94. The first kappa shape index (κ1) is 14.9. The molecule has 0 saturated heterocycles. The Kier molecular flexibility index (Phi) is 5.49. The number of nitrogens with zero attached hydrogens (tertiary/aromatic N) is 3. The van der Waals surface area contributed by atoms with Crippen LogP contribution in [0.1, 0.15) is 25.1 Å². The summed E-state index contributed by atoms with van der Waals surface area (Å²) < 4.78 is 0. The smallest absolute Gasteiger partial charge is 0.128 e. The Labute approximate surface area is 124 Å². The van der Waals surface area contributed by atoms with Crippen LogP contribution in [-0.2, 0) is 13.1 Å². The molecule has 0 radical (unpaired) electrons. The average Bonchev–Trinajstić information content (AvgIpc) is 2.91. The van der Waals surface area contributed by atoms with Gasteiger partial charge in [-0.15, -0.1) is 11.3 Å². The molecule has 108 valence electrons. The predicted molar refractivity (Wildman–Crippen MR) is 85.0 cm³/mol. The third-order valence-electron chi connectivity index (χ3n) is 2.97. The average molecular weight is 290 g/mol. The fourth-order valence-electron chi connectivity index (χ4n) is 1.92. The molecule has 0 aromatic carbocycles. The highest BCUT2D eigenvalue weighted by Crippen LogP contribution is 2.14. The van der Waals surface area contributed by atoms with Gasteiger partial charge in [0.05, 0.1) is 17.7 Å². The number of pyridine rings is 1. The molecule has 0 aliphatic heterocycles. The fraction of sp³-hybridized carbons (Fsp3) is 0.467. The van der Waals surface area contributed by atoms with E-state index in [2.05, 4.69) is 51.5 Å².